The summed E-state index contributed by atoms with van der Waals surface area (Å²) in [4.78, 5) is 0. The molecule has 0 radical (unpaired) electrons. The fourth-order valence-corrected chi connectivity index (χ4v) is 3.76. The van der Waals surface area contributed by atoms with Crippen molar-refractivity contribution in [1.29, 1.82) is 0 Å². The molecule has 1 aliphatic carbocycles. The topological polar surface area (TPSA) is 96.0 Å². The minimum absolute atomic E-state index is 0.0605. The smallest absolute Gasteiger partial charge is 0.214 e. The standard InChI is InChI=1S/C11H23N3O3S/c1-9(2)7-14(6-5-11(12)13-15)18(16,17)8-10-3-4-10/h9-10,15H,3-8H2,1-2H3,(H2,12,13). The molecule has 0 aromatic heterocycles. The second-order valence-electron chi connectivity index (χ2n) is 5.32. The van der Waals surface area contributed by atoms with E-state index in [1.54, 1.807) is 0 Å². The van der Waals surface area contributed by atoms with Crippen molar-refractivity contribution in [3.63, 3.8) is 0 Å². The minimum atomic E-state index is -3.22. The van der Waals surface area contributed by atoms with Gasteiger partial charge in [-0.2, -0.15) is 0 Å². The maximum atomic E-state index is 12.2. The van der Waals surface area contributed by atoms with E-state index >= 15 is 0 Å². The Balaban J connectivity index is 2.63. The molecule has 0 atom stereocenters. The Hall–Kier alpha value is -0.820. The molecule has 6 nitrogen and oxygen atoms in total. The first-order chi connectivity index (χ1) is 8.35. The van der Waals surface area contributed by atoms with E-state index in [-0.39, 0.29) is 30.5 Å². The van der Waals surface area contributed by atoms with Gasteiger partial charge in [-0.15, -0.1) is 0 Å². The van der Waals surface area contributed by atoms with Crippen LogP contribution in [0.25, 0.3) is 0 Å². The zero-order valence-electron chi connectivity index (χ0n) is 11.0. The average Bonchev–Trinajstić information content (AvgIpc) is 3.06. The summed E-state index contributed by atoms with van der Waals surface area (Å²) in [6, 6.07) is 0. The number of rotatable bonds is 8. The second kappa shape index (κ2) is 6.38. The molecular formula is C11H23N3O3S. The molecule has 0 bridgehead atoms. The predicted octanol–water partition coefficient (Wildman–Crippen LogP) is 0.821. The highest BCUT2D eigenvalue weighted by Crippen LogP contribution is 2.31. The number of oxime groups is 1. The van der Waals surface area contributed by atoms with Gasteiger partial charge < -0.3 is 10.9 Å². The molecule has 3 N–H and O–H groups in total. The van der Waals surface area contributed by atoms with Gasteiger partial charge in [0.05, 0.1) is 5.75 Å². The summed E-state index contributed by atoms with van der Waals surface area (Å²) < 4.78 is 25.9. The van der Waals surface area contributed by atoms with Crippen LogP contribution in [0.15, 0.2) is 5.16 Å². The Labute approximate surface area is 109 Å². The molecule has 0 spiro atoms. The number of nitrogens with two attached hydrogens (primary N) is 1. The molecular weight excluding hydrogens is 254 g/mol. The molecule has 18 heavy (non-hydrogen) atoms. The van der Waals surface area contributed by atoms with Gasteiger partial charge in [0.25, 0.3) is 0 Å². The number of nitrogens with zero attached hydrogens (tertiary/aromatic N) is 2. The molecule has 0 saturated heterocycles. The summed E-state index contributed by atoms with van der Waals surface area (Å²) in [6.45, 7) is 4.71. The van der Waals surface area contributed by atoms with Gasteiger partial charge in [-0.3, -0.25) is 0 Å². The third kappa shape index (κ3) is 5.22. The summed E-state index contributed by atoms with van der Waals surface area (Å²) in [6.07, 6.45) is 2.27. The van der Waals surface area contributed by atoms with E-state index in [0.29, 0.717) is 12.5 Å². The molecule has 1 fully saturated rings. The summed E-state index contributed by atoms with van der Waals surface area (Å²) in [5, 5.41) is 11.4. The molecule has 1 rings (SSSR count). The van der Waals surface area contributed by atoms with Crippen LogP contribution in [0, 0.1) is 11.8 Å². The normalized spacial score (nSPS) is 17.7. The lowest BCUT2D eigenvalue weighted by Gasteiger charge is -2.23. The highest BCUT2D eigenvalue weighted by atomic mass is 32.2. The first-order valence-electron chi connectivity index (χ1n) is 6.29. The van der Waals surface area contributed by atoms with Gasteiger partial charge in [-0.05, 0) is 24.7 Å². The van der Waals surface area contributed by atoms with E-state index in [2.05, 4.69) is 5.16 Å². The van der Waals surface area contributed by atoms with Gasteiger partial charge in [0.1, 0.15) is 5.84 Å². The van der Waals surface area contributed by atoms with Crippen molar-refractivity contribution in [1.82, 2.24) is 4.31 Å². The van der Waals surface area contributed by atoms with Crippen LogP contribution in [0.3, 0.4) is 0 Å². The zero-order chi connectivity index (χ0) is 13.8. The van der Waals surface area contributed by atoms with E-state index in [9.17, 15) is 8.42 Å². The summed E-state index contributed by atoms with van der Waals surface area (Å²) in [7, 11) is -3.22. The SMILES string of the molecule is CC(C)CN(CCC(N)=NO)S(=O)(=O)CC1CC1. The van der Waals surface area contributed by atoms with Crippen molar-refractivity contribution >= 4 is 15.9 Å². The Kier molecular flexibility index (Phi) is 5.40. The van der Waals surface area contributed by atoms with Crippen LogP contribution < -0.4 is 5.73 Å². The molecule has 106 valence electrons. The largest absolute Gasteiger partial charge is 0.409 e. The highest BCUT2D eigenvalue weighted by molar-refractivity contribution is 7.89. The Morgan fingerprint density at radius 1 is 1.50 bits per heavy atom. The van der Waals surface area contributed by atoms with Crippen LogP contribution in [-0.4, -0.2) is 42.6 Å². The maximum Gasteiger partial charge on any atom is 0.214 e. The number of amidine groups is 1. The van der Waals surface area contributed by atoms with Crippen molar-refractivity contribution in [2.24, 2.45) is 22.7 Å². The predicted molar refractivity (Wildman–Crippen MR) is 70.9 cm³/mol. The third-order valence-electron chi connectivity index (χ3n) is 2.85. The van der Waals surface area contributed by atoms with E-state index < -0.39 is 10.0 Å². The van der Waals surface area contributed by atoms with E-state index in [0.717, 1.165) is 12.8 Å². The van der Waals surface area contributed by atoms with E-state index in [4.69, 9.17) is 10.9 Å². The third-order valence-corrected chi connectivity index (χ3v) is 4.86. The highest BCUT2D eigenvalue weighted by Gasteiger charge is 2.32. The second-order valence-corrected chi connectivity index (χ2v) is 7.33. The molecule has 0 amide bonds. The van der Waals surface area contributed by atoms with Crippen LogP contribution in [0.2, 0.25) is 0 Å². The lowest BCUT2D eigenvalue weighted by Crippen LogP contribution is -2.38. The molecule has 0 aromatic carbocycles. The Morgan fingerprint density at radius 3 is 2.56 bits per heavy atom. The average molecular weight is 277 g/mol. The number of hydrogen-bond donors (Lipinski definition) is 2. The molecule has 1 saturated carbocycles. The summed E-state index contributed by atoms with van der Waals surface area (Å²) in [5.74, 6) is 0.876. The molecule has 1 aliphatic rings. The van der Waals surface area contributed by atoms with E-state index in [1.165, 1.54) is 4.31 Å². The van der Waals surface area contributed by atoms with Crippen LogP contribution >= 0.6 is 0 Å². The minimum Gasteiger partial charge on any atom is -0.409 e. The molecule has 7 heteroatoms. The molecule has 0 aromatic rings. The molecule has 0 heterocycles. The number of hydrogen-bond acceptors (Lipinski definition) is 4. The Bertz CT molecular complexity index is 388. The van der Waals surface area contributed by atoms with Crippen LogP contribution in [0.1, 0.15) is 33.1 Å². The number of sulfonamides is 1. The van der Waals surface area contributed by atoms with Crippen LogP contribution in [0.5, 0.6) is 0 Å². The van der Waals surface area contributed by atoms with Gasteiger partial charge in [-0.25, -0.2) is 12.7 Å². The van der Waals surface area contributed by atoms with E-state index in [1.807, 2.05) is 13.8 Å². The fraction of sp³-hybridized carbons (Fsp3) is 0.909. The first kappa shape index (κ1) is 15.2. The van der Waals surface area contributed by atoms with Gasteiger partial charge in [0.15, 0.2) is 0 Å². The molecule has 0 aliphatic heterocycles. The lowest BCUT2D eigenvalue weighted by atomic mass is 10.2. The van der Waals surface area contributed by atoms with Crippen molar-refractivity contribution in [2.45, 2.75) is 33.1 Å². The fourth-order valence-electron chi connectivity index (χ4n) is 1.73. The summed E-state index contributed by atoms with van der Waals surface area (Å²) >= 11 is 0. The van der Waals surface area contributed by atoms with Crippen molar-refractivity contribution in [2.75, 3.05) is 18.8 Å². The first-order valence-corrected chi connectivity index (χ1v) is 7.90. The monoisotopic (exact) mass is 277 g/mol. The van der Waals surface area contributed by atoms with Crippen molar-refractivity contribution in [3.8, 4) is 0 Å². The van der Waals surface area contributed by atoms with Crippen LogP contribution in [-0.2, 0) is 10.0 Å². The maximum absolute atomic E-state index is 12.2. The quantitative estimate of drug-likeness (QED) is 0.297. The lowest BCUT2D eigenvalue weighted by molar-refractivity contribution is 0.314. The van der Waals surface area contributed by atoms with Crippen molar-refractivity contribution in [3.05, 3.63) is 0 Å². The molecule has 0 unspecified atom stereocenters. The van der Waals surface area contributed by atoms with Crippen molar-refractivity contribution < 1.29 is 13.6 Å². The van der Waals surface area contributed by atoms with Gasteiger partial charge in [0, 0.05) is 19.5 Å². The van der Waals surface area contributed by atoms with Gasteiger partial charge in [-0.1, -0.05) is 19.0 Å². The zero-order valence-corrected chi connectivity index (χ0v) is 11.9. The van der Waals surface area contributed by atoms with Gasteiger partial charge in [0.2, 0.25) is 10.0 Å². The summed E-state index contributed by atoms with van der Waals surface area (Å²) in [5.41, 5.74) is 5.39. The Morgan fingerprint density at radius 2 is 2.11 bits per heavy atom. The van der Waals surface area contributed by atoms with Crippen LogP contribution in [0.4, 0.5) is 0 Å². The van der Waals surface area contributed by atoms with Gasteiger partial charge >= 0.3 is 0 Å².